The molecule has 1 aromatic carbocycles. The molecule has 22 heavy (non-hydrogen) atoms. The highest BCUT2D eigenvalue weighted by molar-refractivity contribution is 6.32. The fourth-order valence-electron chi connectivity index (χ4n) is 1.72. The van der Waals surface area contributed by atoms with Gasteiger partial charge in [0, 0.05) is 24.5 Å². The zero-order valence-corrected chi connectivity index (χ0v) is 12.1. The fourth-order valence-corrected chi connectivity index (χ4v) is 1.94. The van der Waals surface area contributed by atoms with Crippen LogP contribution in [0.15, 0.2) is 48.3 Å². The van der Waals surface area contributed by atoms with Gasteiger partial charge in [-0.25, -0.2) is 4.39 Å². The number of aromatic nitrogens is 1. The molecule has 4 nitrogen and oxygen atoms in total. The predicted octanol–water partition coefficient (Wildman–Crippen LogP) is 3.10. The summed E-state index contributed by atoms with van der Waals surface area (Å²) >= 11 is 5.87. The normalized spacial score (nSPS) is 10.9. The van der Waals surface area contributed by atoms with Crippen molar-refractivity contribution in [3.63, 3.8) is 0 Å². The van der Waals surface area contributed by atoms with E-state index in [2.05, 4.69) is 10.3 Å². The second kappa shape index (κ2) is 7.34. The van der Waals surface area contributed by atoms with E-state index in [0.717, 1.165) is 11.6 Å². The molecular weight excluding hydrogens is 305 g/mol. The van der Waals surface area contributed by atoms with Crippen molar-refractivity contribution in [1.29, 1.82) is 5.26 Å². The number of carbonyl (C=O) groups is 1. The zero-order chi connectivity index (χ0) is 15.9. The second-order valence-electron chi connectivity index (χ2n) is 4.35. The number of carbonyl (C=O) groups excluding carboxylic acids is 1. The smallest absolute Gasteiger partial charge is 0.262 e. The first-order valence-corrected chi connectivity index (χ1v) is 6.72. The van der Waals surface area contributed by atoms with Gasteiger partial charge in [0.1, 0.15) is 17.5 Å². The van der Waals surface area contributed by atoms with Crippen LogP contribution < -0.4 is 5.32 Å². The molecule has 6 heteroatoms. The van der Waals surface area contributed by atoms with E-state index in [1.54, 1.807) is 30.6 Å². The Hall–Kier alpha value is -2.71. The Morgan fingerprint density at radius 3 is 2.86 bits per heavy atom. The van der Waals surface area contributed by atoms with Gasteiger partial charge in [0.15, 0.2) is 0 Å². The number of rotatable bonds is 4. The number of benzene rings is 1. The Bertz CT molecular complexity index is 733. The van der Waals surface area contributed by atoms with Crippen LogP contribution >= 0.6 is 11.6 Å². The molecule has 0 radical (unpaired) electrons. The van der Waals surface area contributed by atoms with Gasteiger partial charge < -0.3 is 5.32 Å². The Morgan fingerprint density at radius 2 is 2.23 bits per heavy atom. The molecule has 0 atom stereocenters. The minimum atomic E-state index is -0.606. The highest BCUT2D eigenvalue weighted by Gasteiger charge is 2.12. The summed E-state index contributed by atoms with van der Waals surface area (Å²) in [6.07, 6.45) is 4.35. The summed E-state index contributed by atoms with van der Waals surface area (Å²) < 4.78 is 13.7. The van der Waals surface area contributed by atoms with Crippen molar-refractivity contribution in [2.45, 2.75) is 6.54 Å². The van der Waals surface area contributed by atoms with E-state index in [4.69, 9.17) is 16.9 Å². The highest BCUT2D eigenvalue weighted by Crippen LogP contribution is 2.21. The van der Waals surface area contributed by atoms with Gasteiger partial charge in [0.25, 0.3) is 5.91 Å². The largest absolute Gasteiger partial charge is 0.347 e. The van der Waals surface area contributed by atoms with Crippen molar-refractivity contribution in [3.05, 3.63) is 70.3 Å². The highest BCUT2D eigenvalue weighted by atomic mass is 35.5. The quantitative estimate of drug-likeness (QED) is 0.696. The van der Waals surface area contributed by atoms with Gasteiger partial charge in [-0.15, -0.1) is 0 Å². The lowest BCUT2D eigenvalue weighted by Crippen LogP contribution is -2.24. The van der Waals surface area contributed by atoms with Crippen LogP contribution in [0, 0.1) is 17.1 Å². The monoisotopic (exact) mass is 315 g/mol. The number of hydrogen-bond acceptors (Lipinski definition) is 3. The summed E-state index contributed by atoms with van der Waals surface area (Å²) in [6, 6.07) is 9.42. The molecule has 0 aliphatic carbocycles. The minimum Gasteiger partial charge on any atom is -0.347 e. The molecule has 1 N–H and O–H groups in total. The molecule has 0 bridgehead atoms. The number of nitriles is 1. The summed E-state index contributed by atoms with van der Waals surface area (Å²) in [7, 11) is 0. The van der Waals surface area contributed by atoms with Crippen LogP contribution in [0.1, 0.15) is 11.1 Å². The summed E-state index contributed by atoms with van der Waals surface area (Å²) in [5.74, 6) is -1.20. The third-order valence-electron chi connectivity index (χ3n) is 2.83. The van der Waals surface area contributed by atoms with E-state index < -0.39 is 11.7 Å². The van der Waals surface area contributed by atoms with Crippen molar-refractivity contribution >= 4 is 23.6 Å². The first kappa shape index (κ1) is 15.7. The van der Waals surface area contributed by atoms with E-state index >= 15 is 0 Å². The Labute approximate surface area is 131 Å². The lowest BCUT2D eigenvalue weighted by molar-refractivity contribution is -0.117. The van der Waals surface area contributed by atoms with Gasteiger partial charge in [-0.3, -0.25) is 9.78 Å². The van der Waals surface area contributed by atoms with Crippen molar-refractivity contribution in [2.24, 2.45) is 0 Å². The number of halogens is 2. The molecule has 0 aliphatic heterocycles. The maximum Gasteiger partial charge on any atom is 0.262 e. The molecule has 1 heterocycles. The molecule has 0 aliphatic rings. The maximum atomic E-state index is 13.7. The van der Waals surface area contributed by atoms with E-state index in [1.807, 2.05) is 0 Å². The molecule has 0 fully saturated rings. The van der Waals surface area contributed by atoms with E-state index in [1.165, 1.54) is 18.2 Å². The van der Waals surface area contributed by atoms with E-state index in [0.29, 0.717) is 0 Å². The maximum absolute atomic E-state index is 13.7. The topological polar surface area (TPSA) is 65.8 Å². The van der Waals surface area contributed by atoms with Crippen molar-refractivity contribution in [3.8, 4) is 6.07 Å². The second-order valence-corrected chi connectivity index (χ2v) is 4.76. The average Bonchev–Trinajstić information content (AvgIpc) is 2.53. The Morgan fingerprint density at radius 1 is 1.41 bits per heavy atom. The molecule has 110 valence electrons. The van der Waals surface area contributed by atoms with Gasteiger partial charge in [-0.05, 0) is 29.8 Å². The van der Waals surface area contributed by atoms with Crippen molar-refractivity contribution in [2.75, 3.05) is 0 Å². The molecule has 2 rings (SSSR count). The van der Waals surface area contributed by atoms with Gasteiger partial charge in [0.05, 0.1) is 5.02 Å². The summed E-state index contributed by atoms with van der Waals surface area (Å²) in [5.41, 5.74) is 0.574. The number of nitrogens with zero attached hydrogens (tertiary/aromatic N) is 2. The van der Waals surface area contributed by atoms with E-state index in [-0.39, 0.29) is 22.7 Å². The van der Waals surface area contributed by atoms with Crippen LogP contribution in [0.3, 0.4) is 0 Å². The Balaban J connectivity index is 2.16. The van der Waals surface area contributed by atoms with E-state index in [9.17, 15) is 9.18 Å². The lowest BCUT2D eigenvalue weighted by atomic mass is 10.1. The predicted molar refractivity (Wildman–Crippen MR) is 81.1 cm³/mol. The number of amides is 1. The Kier molecular flexibility index (Phi) is 5.23. The van der Waals surface area contributed by atoms with Crippen LogP contribution in [0.25, 0.3) is 6.08 Å². The molecule has 0 spiro atoms. The molecular formula is C16H11ClFN3O. The van der Waals surface area contributed by atoms with Crippen LogP contribution in [-0.4, -0.2) is 10.9 Å². The fraction of sp³-hybridized carbons (Fsp3) is 0.0625. The average molecular weight is 316 g/mol. The third kappa shape index (κ3) is 3.90. The van der Waals surface area contributed by atoms with Crippen molar-refractivity contribution < 1.29 is 9.18 Å². The molecule has 1 amide bonds. The van der Waals surface area contributed by atoms with Gasteiger partial charge in [-0.2, -0.15) is 5.26 Å². The van der Waals surface area contributed by atoms with Crippen LogP contribution in [0.4, 0.5) is 4.39 Å². The first-order valence-electron chi connectivity index (χ1n) is 6.34. The minimum absolute atomic E-state index is 0.0113. The van der Waals surface area contributed by atoms with Crippen LogP contribution in [0.5, 0.6) is 0 Å². The number of pyridine rings is 1. The zero-order valence-electron chi connectivity index (χ0n) is 11.4. The molecule has 1 aromatic heterocycles. The molecule has 2 aromatic rings. The molecule has 0 saturated heterocycles. The van der Waals surface area contributed by atoms with Crippen LogP contribution in [-0.2, 0) is 11.3 Å². The number of nitrogens with one attached hydrogen (secondary N) is 1. The standard InChI is InChI=1S/C16H11ClFN3O/c17-14-4-1-5-15(18)13(14)7-12(8-19)16(22)21-10-11-3-2-6-20-9-11/h1-7,9H,10H2,(H,21,22)/b12-7+. The summed E-state index contributed by atoms with van der Waals surface area (Å²) in [5, 5.41) is 11.8. The summed E-state index contributed by atoms with van der Waals surface area (Å²) in [6.45, 7) is 0.219. The number of hydrogen-bond donors (Lipinski definition) is 1. The third-order valence-corrected chi connectivity index (χ3v) is 3.16. The first-order chi connectivity index (χ1) is 10.6. The summed E-state index contributed by atoms with van der Waals surface area (Å²) in [4.78, 5) is 15.9. The van der Waals surface area contributed by atoms with Gasteiger partial charge in [0.2, 0.25) is 0 Å². The SMILES string of the molecule is N#C/C(=C\c1c(F)cccc1Cl)C(=O)NCc1cccnc1. The molecule has 0 unspecified atom stereocenters. The van der Waals surface area contributed by atoms with Crippen molar-refractivity contribution in [1.82, 2.24) is 10.3 Å². The van der Waals surface area contributed by atoms with Gasteiger partial charge >= 0.3 is 0 Å². The van der Waals surface area contributed by atoms with Crippen LogP contribution in [0.2, 0.25) is 5.02 Å². The lowest BCUT2D eigenvalue weighted by Gasteiger charge is -2.05. The molecule has 0 saturated carbocycles. The van der Waals surface area contributed by atoms with Gasteiger partial charge in [-0.1, -0.05) is 23.7 Å².